The van der Waals surface area contributed by atoms with Crippen molar-refractivity contribution in [2.75, 3.05) is 7.05 Å². The first kappa shape index (κ1) is 13.4. The van der Waals surface area contributed by atoms with Crippen LogP contribution in [0.2, 0.25) is 0 Å². The lowest BCUT2D eigenvalue weighted by Gasteiger charge is -2.23. The normalized spacial score (nSPS) is 12.8. The first-order valence-corrected chi connectivity index (χ1v) is 6.22. The average Bonchev–Trinajstić information content (AvgIpc) is 2.20. The Hall–Kier alpha value is -0.670. The molecule has 0 aliphatic heterocycles. The maximum Gasteiger partial charge on any atom is 0.131 e. The molecular formula is C13H18BrNO. The minimum absolute atomic E-state index is 0.246. The van der Waals surface area contributed by atoms with Crippen LogP contribution in [-0.2, 0) is 11.3 Å². The molecule has 0 saturated carbocycles. The van der Waals surface area contributed by atoms with Gasteiger partial charge in [0.25, 0.3) is 0 Å². The molecule has 1 rings (SSSR count). The lowest BCUT2D eigenvalue weighted by Crippen LogP contribution is -2.30. The number of halogens is 1. The van der Waals surface area contributed by atoms with Gasteiger partial charge in [0.2, 0.25) is 0 Å². The van der Waals surface area contributed by atoms with Crippen LogP contribution in [0.3, 0.4) is 0 Å². The topological polar surface area (TPSA) is 20.3 Å². The molecule has 1 unspecified atom stereocenters. The smallest absolute Gasteiger partial charge is 0.131 e. The zero-order chi connectivity index (χ0) is 12.1. The predicted molar refractivity (Wildman–Crippen MR) is 70.4 cm³/mol. The molecule has 1 aromatic carbocycles. The minimum Gasteiger partial charge on any atom is -0.300 e. The SMILES string of the molecule is CC(=O)CC(C)N(C)Cc1ccc(Br)cc1. The number of rotatable bonds is 5. The molecule has 0 saturated heterocycles. The van der Waals surface area contributed by atoms with Crippen molar-refractivity contribution in [3.8, 4) is 0 Å². The van der Waals surface area contributed by atoms with E-state index in [1.165, 1.54) is 5.56 Å². The molecule has 0 amide bonds. The molecule has 0 aliphatic rings. The second-order valence-corrected chi connectivity index (χ2v) is 5.21. The van der Waals surface area contributed by atoms with Gasteiger partial charge in [0.05, 0.1) is 0 Å². The van der Waals surface area contributed by atoms with Gasteiger partial charge in [-0.15, -0.1) is 0 Å². The highest BCUT2D eigenvalue weighted by molar-refractivity contribution is 9.10. The monoisotopic (exact) mass is 283 g/mol. The van der Waals surface area contributed by atoms with Gasteiger partial charge in [-0.25, -0.2) is 0 Å². The van der Waals surface area contributed by atoms with E-state index >= 15 is 0 Å². The third-order valence-corrected chi connectivity index (χ3v) is 3.21. The molecule has 1 aromatic rings. The summed E-state index contributed by atoms with van der Waals surface area (Å²) in [6, 6.07) is 8.57. The fraction of sp³-hybridized carbons (Fsp3) is 0.462. The highest BCUT2D eigenvalue weighted by Gasteiger charge is 2.11. The summed E-state index contributed by atoms with van der Waals surface area (Å²) in [6.07, 6.45) is 0.618. The van der Waals surface area contributed by atoms with Gasteiger partial charge in [0.15, 0.2) is 0 Å². The molecule has 0 aliphatic carbocycles. The van der Waals surface area contributed by atoms with Crippen molar-refractivity contribution in [1.82, 2.24) is 4.90 Å². The molecule has 0 radical (unpaired) electrons. The fourth-order valence-electron chi connectivity index (χ4n) is 1.61. The van der Waals surface area contributed by atoms with Crippen LogP contribution < -0.4 is 0 Å². The Balaban J connectivity index is 2.53. The van der Waals surface area contributed by atoms with Gasteiger partial charge >= 0.3 is 0 Å². The number of carbonyl (C=O) groups excluding carboxylic acids is 1. The molecule has 0 fully saturated rings. The van der Waals surface area contributed by atoms with Gasteiger partial charge < -0.3 is 0 Å². The second-order valence-electron chi connectivity index (χ2n) is 4.30. The number of Topliss-reactive ketones (excluding diaryl/α,β-unsaturated/α-hetero) is 1. The van der Waals surface area contributed by atoms with Gasteiger partial charge in [0, 0.05) is 23.5 Å². The first-order valence-electron chi connectivity index (χ1n) is 5.43. The van der Waals surface area contributed by atoms with Crippen molar-refractivity contribution >= 4 is 21.7 Å². The molecule has 0 N–H and O–H groups in total. The molecule has 0 aromatic heterocycles. The summed E-state index contributed by atoms with van der Waals surface area (Å²) < 4.78 is 1.09. The zero-order valence-corrected chi connectivity index (χ0v) is 11.6. The standard InChI is InChI=1S/C13H18BrNO/c1-10(8-11(2)16)15(3)9-12-4-6-13(14)7-5-12/h4-7,10H,8-9H2,1-3H3. The lowest BCUT2D eigenvalue weighted by atomic mass is 10.1. The summed E-state index contributed by atoms with van der Waals surface area (Å²) in [6.45, 7) is 4.60. The first-order chi connectivity index (χ1) is 7.49. The van der Waals surface area contributed by atoms with Crippen LogP contribution in [0.4, 0.5) is 0 Å². The Morgan fingerprint density at radius 3 is 2.44 bits per heavy atom. The molecule has 0 heterocycles. The summed E-state index contributed by atoms with van der Waals surface area (Å²) in [5.41, 5.74) is 1.26. The predicted octanol–water partition coefficient (Wildman–Crippen LogP) is 3.25. The van der Waals surface area contributed by atoms with Gasteiger partial charge in [-0.05, 0) is 38.6 Å². The van der Waals surface area contributed by atoms with E-state index in [1.54, 1.807) is 6.92 Å². The van der Waals surface area contributed by atoms with Gasteiger partial charge in [0.1, 0.15) is 5.78 Å². The highest BCUT2D eigenvalue weighted by Crippen LogP contribution is 2.13. The van der Waals surface area contributed by atoms with Crippen LogP contribution in [0.25, 0.3) is 0 Å². The van der Waals surface area contributed by atoms with E-state index in [4.69, 9.17) is 0 Å². The summed E-state index contributed by atoms with van der Waals surface area (Å²) >= 11 is 3.42. The molecule has 16 heavy (non-hydrogen) atoms. The third-order valence-electron chi connectivity index (χ3n) is 2.68. The molecule has 1 atom stereocenters. The second kappa shape index (κ2) is 6.16. The lowest BCUT2D eigenvalue weighted by molar-refractivity contribution is -0.118. The zero-order valence-electron chi connectivity index (χ0n) is 10.0. The molecule has 0 bridgehead atoms. The maximum absolute atomic E-state index is 11.0. The van der Waals surface area contributed by atoms with E-state index in [-0.39, 0.29) is 5.78 Å². The van der Waals surface area contributed by atoms with Crippen molar-refractivity contribution in [3.05, 3.63) is 34.3 Å². The van der Waals surface area contributed by atoms with Crippen LogP contribution in [-0.4, -0.2) is 23.8 Å². The van der Waals surface area contributed by atoms with Crippen molar-refractivity contribution in [2.45, 2.75) is 32.9 Å². The van der Waals surface area contributed by atoms with E-state index in [0.29, 0.717) is 12.5 Å². The van der Waals surface area contributed by atoms with Crippen LogP contribution in [0.1, 0.15) is 25.8 Å². The maximum atomic E-state index is 11.0. The Kier molecular flexibility index (Phi) is 5.16. The van der Waals surface area contributed by atoms with E-state index in [9.17, 15) is 4.79 Å². The van der Waals surface area contributed by atoms with E-state index in [1.807, 2.05) is 12.1 Å². The summed E-state index contributed by atoms with van der Waals surface area (Å²) in [5, 5.41) is 0. The van der Waals surface area contributed by atoms with Gasteiger partial charge in [-0.3, -0.25) is 9.69 Å². The Morgan fingerprint density at radius 1 is 1.38 bits per heavy atom. The summed E-state index contributed by atoms with van der Waals surface area (Å²) in [4.78, 5) is 13.2. The van der Waals surface area contributed by atoms with Crippen molar-refractivity contribution < 1.29 is 4.79 Å². The number of hydrogen-bond acceptors (Lipinski definition) is 2. The van der Waals surface area contributed by atoms with Crippen molar-refractivity contribution in [3.63, 3.8) is 0 Å². The minimum atomic E-state index is 0.246. The molecule has 3 heteroatoms. The van der Waals surface area contributed by atoms with Gasteiger partial charge in [-0.2, -0.15) is 0 Å². The molecular weight excluding hydrogens is 266 g/mol. The van der Waals surface area contributed by atoms with E-state index in [2.05, 4.69) is 46.9 Å². The third kappa shape index (κ3) is 4.45. The van der Waals surface area contributed by atoms with E-state index < -0.39 is 0 Å². The van der Waals surface area contributed by atoms with Crippen molar-refractivity contribution in [1.29, 1.82) is 0 Å². The molecule has 2 nitrogen and oxygen atoms in total. The molecule has 88 valence electrons. The summed E-state index contributed by atoms with van der Waals surface area (Å²) in [7, 11) is 2.05. The molecule has 0 spiro atoms. The van der Waals surface area contributed by atoms with Crippen LogP contribution in [0, 0.1) is 0 Å². The van der Waals surface area contributed by atoms with Crippen LogP contribution in [0.15, 0.2) is 28.7 Å². The largest absolute Gasteiger partial charge is 0.300 e. The Morgan fingerprint density at radius 2 is 1.94 bits per heavy atom. The Bertz CT molecular complexity index is 347. The fourth-order valence-corrected chi connectivity index (χ4v) is 1.87. The number of hydrogen-bond donors (Lipinski definition) is 0. The highest BCUT2D eigenvalue weighted by atomic mass is 79.9. The van der Waals surface area contributed by atoms with E-state index in [0.717, 1.165) is 11.0 Å². The van der Waals surface area contributed by atoms with Crippen molar-refractivity contribution in [2.24, 2.45) is 0 Å². The quantitative estimate of drug-likeness (QED) is 0.827. The summed E-state index contributed by atoms with van der Waals surface area (Å²) in [5.74, 6) is 0.246. The average molecular weight is 284 g/mol. The number of benzene rings is 1. The van der Waals surface area contributed by atoms with Crippen LogP contribution in [0.5, 0.6) is 0 Å². The van der Waals surface area contributed by atoms with Crippen LogP contribution >= 0.6 is 15.9 Å². The Labute approximate surface area is 106 Å². The number of ketones is 1. The van der Waals surface area contributed by atoms with Gasteiger partial charge in [-0.1, -0.05) is 28.1 Å². The number of nitrogens with zero attached hydrogens (tertiary/aromatic N) is 1. The number of carbonyl (C=O) groups is 1.